The number of nitrogens with one attached hydrogen (secondary N) is 1. The molecule has 0 aromatic heterocycles. The van der Waals surface area contributed by atoms with Crippen LogP contribution in [0.1, 0.15) is 38.5 Å². The van der Waals surface area contributed by atoms with Crippen molar-refractivity contribution >= 4 is 10.0 Å². The molecule has 16 heavy (non-hydrogen) atoms. The molecule has 2 unspecified atom stereocenters. The molecule has 0 aliphatic heterocycles. The summed E-state index contributed by atoms with van der Waals surface area (Å²) in [6.07, 6.45) is 5.69. The summed E-state index contributed by atoms with van der Waals surface area (Å²) in [5.74, 6) is 0.770. The Morgan fingerprint density at radius 3 is 2.44 bits per heavy atom. The lowest BCUT2D eigenvalue weighted by atomic mass is 9.87. The zero-order chi connectivity index (χ0) is 11.6. The van der Waals surface area contributed by atoms with Crippen molar-refractivity contribution in [2.45, 2.75) is 44.6 Å². The third-order valence-corrected chi connectivity index (χ3v) is 5.10. The van der Waals surface area contributed by atoms with Gasteiger partial charge in [0.2, 0.25) is 10.0 Å². The molecule has 0 heterocycles. The van der Waals surface area contributed by atoms with Crippen LogP contribution < -0.4 is 4.72 Å². The van der Waals surface area contributed by atoms with Gasteiger partial charge in [-0.2, -0.15) is 0 Å². The molecule has 2 aliphatic rings. The fourth-order valence-corrected chi connectivity index (χ4v) is 3.85. The standard InChI is InChI=1S/C11H21NO3S/c13-11-4-2-1-3-10(11)7-12-16(14,15)8-9-5-6-9/h9-13H,1-8H2. The molecule has 4 nitrogen and oxygen atoms in total. The highest BCUT2D eigenvalue weighted by Gasteiger charge is 2.29. The third kappa shape index (κ3) is 3.71. The van der Waals surface area contributed by atoms with Gasteiger partial charge >= 0.3 is 0 Å². The SMILES string of the molecule is O=S(=O)(CC1CC1)NCC1CCCCC1O. The molecule has 0 saturated heterocycles. The van der Waals surface area contributed by atoms with E-state index in [0.717, 1.165) is 38.5 Å². The van der Waals surface area contributed by atoms with Crippen LogP contribution in [0, 0.1) is 11.8 Å². The van der Waals surface area contributed by atoms with E-state index in [1.165, 1.54) is 0 Å². The second-order valence-electron chi connectivity index (χ2n) is 5.19. The predicted molar refractivity (Wildman–Crippen MR) is 62.5 cm³/mol. The highest BCUT2D eigenvalue weighted by Crippen LogP contribution is 2.30. The molecule has 0 radical (unpaired) electrons. The molecule has 2 N–H and O–H groups in total. The Labute approximate surface area is 97.5 Å². The van der Waals surface area contributed by atoms with Crippen LogP contribution in [-0.4, -0.2) is 31.9 Å². The first kappa shape index (κ1) is 12.3. The second kappa shape index (κ2) is 5.02. The third-order valence-electron chi connectivity index (χ3n) is 3.59. The molecular weight excluding hydrogens is 226 g/mol. The molecule has 2 saturated carbocycles. The maximum absolute atomic E-state index is 11.6. The Morgan fingerprint density at radius 2 is 1.81 bits per heavy atom. The fourth-order valence-electron chi connectivity index (χ4n) is 2.31. The van der Waals surface area contributed by atoms with Gasteiger partial charge in [-0.1, -0.05) is 12.8 Å². The first-order chi connectivity index (χ1) is 7.57. The number of aliphatic hydroxyl groups excluding tert-OH is 1. The lowest BCUT2D eigenvalue weighted by Gasteiger charge is -2.27. The van der Waals surface area contributed by atoms with Gasteiger partial charge in [0.1, 0.15) is 0 Å². The molecule has 0 amide bonds. The van der Waals surface area contributed by atoms with Gasteiger partial charge in [-0.3, -0.25) is 0 Å². The summed E-state index contributed by atoms with van der Waals surface area (Å²) in [5.41, 5.74) is 0. The van der Waals surface area contributed by atoms with E-state index in [4.69, 9.17) is 0 Å². The average Bonchev–Trinajstić information content (AvgIpc) is 3.00. The zero-order valence-electron chi connectivity index (χ0n) is 9.56. The van der Waals surface area contributed by atoms with Crippen molar-refractivity contribution in [3.8, 4) is 0 Å². The van der Waals surface area contributed by atoms with Crippen molar-refractivity contribution in [2.75, 3.05) is 12.3 Å². The van der Waals surface area contributed by atoms with Gasteiger partial charge < -0.3 is 5.11 Å². The Hall–Kier alpha value is -0.130. The number of sulfonamides is 1. The van der Waals surface area contributed by atoms with Gasteiger partial charge in [0, 0.05) is 6.54 Å². The van der Waals surface area contributed by atoms with E-state index in [1.807, 2.05) is 0 Å². The van der Waals surface area contributed by atoms with Crippen molar-refractivity contribution < 1.29 is 13.5 Å². The smallest absolute Gasteiger partial charge is 0.211 e. The molecule has 0 spiro atoms. The molecule has 0 bridgehead atoms. The number of hydrogen-bond acceptors (Lipinski definition) is 3. The van der Waals surface area contributed by atoms with Gasteiger partial charge in [0.15, 0.2) is 0 Å². The van der Waals surface area contributed by atoms with Crippen LogP contribution in [0.2, 0.25) is 0 Å². The summed E-state index contributed by atoms with van der Waals surface area (Å²) >= 11 is 0. The summed E-state index contributed by atoms with van der Waals surface area (Å²) in [6.45, 7) is 0.413. The average molecular weight is 247 g/mol. The van der Waals surface area contributed by atoms with E-state index >= 15 is 0 Å². The van der Waals surface area contributed by atoms with Crippen molar-refractivity contribution in [3.05, 3.63) is 0 Å². The van der Waals surface area contributed by atoms with Crippen molar-refractivity contribution in [1.82, 2.24) is 4.72 Å². The number of rotatable bonds is 5. The van der Waals surface area contributed by atoms with E-state index in [-0.39, 0.29) is 17.8 Å². The monoisotopic (exact) mass is 247 g/mol. The molecule has 2 atom stereocenters. The molecule has 0 aromatic carbocycles. The van der Waals surface area contributed by atoms with Gasteiger partial charge in [0.05, 0.1) is 11.9 Å². The normalized spacial score (nSPS) is 31.6. The van der Waals surface area contributed by atoms with E-state index < -0.39 is 10.0 Å². The number of aliphatic hydroxyl groups is 1. The van der Waals surface area contributed by atoms with Crippen LogP contribution in [0.25, 0.3) is 0 Å². The molecule has 2 aliphatic carbocycles. The minimum absolute atomic E-state index is 0.114. The molecule has 0 aromatic rings. The highest BCUT2D eigenvalue weighted by molar-refractivity contribution is 7.89. The fraction of sp³-hybridized carbons (Fsp3) is 1.00. The minimum atomic E-state index is -3.10. The van der Waals surface area contributed by atoms with Crippen LogP contribution in [0.4, 0.5) is 0 Å². The van der Waals surface area contributed by atoms with E-state index in [0.29, 0.717) is 12.5 Å². The van der Waals surface area contributed by atoms with Crippen LogP contribution in [-0.2, 0) is 10.0 Å². The van der Waals surface area contributed by atoms with E-state index in [1.54, 1.807) is 0 Å². The van der Waals surface area contributed by atoms with Crippen molar-refractivity contribution in [3.63, 3.8) is 0 Å². The largest absolute Gasteiger partial charge is 0.393 e. The first-order valence-corrected chi connectivity index (χ1v) is 7.87. The van der Waals surface area contributed by atoms with Crippen LogP contribution in [0.3, 0.4) is 0 Å². The Kier molecular flexibility index (Phi) is 3.87. The lowest BCUT2D eigenvalue weighted by molar-refractivity contribution is 0.0724. The Morgan fingerprint density at radius 1 is 1.12 bits per heavy atom. The van der Waals surface area contributed by atoms with E-state index in [2.05, 4.69) is 4.72 Å². The molecule has 94 valence electrons. The summed E-state index contributed by atoms with van der Waals surface area (Å²) in [6, 6.07) is 0. The summed E-state index contributed by atoms with van der Waals surface area (Å²) in [4.78, 5) is 0. The topological polar surface area (TPSA) is 66.4 Å². The van der Waals surface area contributed by atoms with Crippen molar-refractivity contribution in [2.24, 2.45) is 11.8 Å². The zero-order valence-corrected chi connectivity index (χ0v) is 10.4. The minimum Gasteiger partial charge on any atom is -0.393 e. The summed E-state index contributed by atoms with van der Waals surface area (Å²) < 4.78 is 25.9. The molecule has 2 fully saturated rings. The van der Waals surface area contributed by atoms with Gasteiger partial charge in [-0.05, 0) is 37.5 Å². The van der Waals surface area contributed by atoms with Gasteiger partial charge in [0.25, 0.3) is 0 Å². The maximum Gasteiger partial charge on any atom is 0.211 e. The Bertz CT molecular complexity index is 324. The second-order valence-corrected chi connectivity index (χ2v) is 7.04. The summed E-state index contributed by atoms with van der Waals surface area (Å²) in [7, 11) is -3.10. The van der Waals surface area contributed by atoms with Crippen LogP contribution in [0.15, 0.2) is 0 Å². The highest BCUT2D eigenvalue weighted by atomic mass is 32.2. The van der Waals surface area contributed by atoms with E-state index in [9.17, 15) is 13.5 Å². The lowest BCUT2D eigenvalue weighted by Crippen LogP contribution is -2.37. The molecule has 5 heteroatoms. The predicted octanol–water partition coefficient (Wildman–Crippen LogP) is 0.867. The van der Waals surface area contributed by atoms with Crippen LogP contribution in [0.5, 0.6) is 0 Å². The van der Waals surface area contributed by atoms with Crippen LogP contribution >= 0.6 is 0 Å². The quantitative estimate of drug-likeness (QED) is 0.757. The Balaban J connectivity index is 1.76. The van der Waals surface area contributed by atoms with Gasteiger partial charge in [-0.25, -0.2) is 13.1 Å². The molecular formula is C11H21NO3S. The summed E-state index contributed by atoms with van der Waals surface area (Å²) in [5, 5.41) is 9.73. The van der Waals surface area contributed by atoms with Gasteiger partial charge in [-0.15, -0.1) is 0 Å². The number of hydrogen-bond donors (Lipinski definition) is 2. The maximum atomic E-state index is 11.6. The molecule has 2 rings (SSSR count). The first-order valence-electron chi connectivity index (χ1n) is 6.22. The van der Waals surface area contributed by atoms with Crippen molar-refractivity contribution in [1.29, 1.82) is 0 Å².